The highest BCUT2D eigenvalue weighted by atomic mass is 16.7. The van der Waals surface area contributed by atoms with E-state index in [1.165, 1.54) is 13.8 Å². The molecular weight excluding hydrogens is 138 g/mol. The van der Waals surface area contributed by atoms with Crippen molar-refractivity contribution in [1.82, 2.24) is 5.48 Å². The van der Waals surface area contributed by atoms with Gasteiger partial charge in [0.2, 0.25) is 0 Å². The lowest BCUT2D eigenvalue weighted by molar-refractivity contribution is -0.155. The van der Waals surface area contributed by atoms with Gasteiger partial charge in [-0.25, -0.2) is 0 Å². The van der Waals surface area contributed by atoms with E-state index in [9.17, 15) is 9.59 Å². The lowest BCUT2D eigenvalue weighted by Crippen LogP contribution is -2.34. The second-order valence-corrected chi connectivity index (χ2v) is 1.77. The number of hydroxylamine groups is 1. The fourth-order valence-corrected chi connectivity index (χ4v) is 0.222. The van der Waals surface area contributed by atoms with Crippen molar-refractivity contribution in [3.8, 4) is 0 Å². The third-order valence-corrected chi connectivity index (χ3v) is 0.750. The Morgan fingerprint density at radius 2 is 2.10 bits per heavy atom. The van der Waals surface area contributed by atoms with Crippen LogP contribution in [0.1, 0.15) is 13.8 Å². The van der Waals surface area contributed by atoms with Gasteiger partial charge in [-0.05, 0) is 6.92 Å². The highest BCUT2D eigenvalue weighted by molar-refractivity contribution is 5.73. The van der Waals surface area contributed by atoms with Gasteiger partial charge in [0.15, 0.2) is 0 Å². The minimum Gasteiger partial charge on any atom is -0.480 e. The summed E-state index contributed by atoms with van der Waals surface area (Å²) in [7, 11) is 0. The molecule has 5 nitrogen and oxygen atoms in total. The van der Waals surface area contributed by atoms with Gasteiger partial charge in [0.1, 0.15) is 6.04 Å². The van der Waals surface area contributed by atoms with Crippen LogP contribution in [0.4, 0.5) is 0 Å². The second kappa shape index (κ2) is 3.84. The molecule has 0 aromatic carbocycles. The lowest BCUT2D eigenvalue weighted by atomic mass is 10.4. The summed E-state index contributed by atoms with van der Waals surface area (Å²) in [6.07, 6.45) is 0. The number of rotatable bonds is 3. The zero-order valence-corrected chi connectivity index (χ0v) is 5.75. The molecule has 0 saturated heterocycles. The maximum absolute atomic E-state index is 10.1. The third-order valence-electron chi connectivity index (χ3n) is 0.750. The average Bonchev–Trinajstić information content (AvgIpc) is 1.82. The monoisotopic (exact) mass is 147 g/mol. The van der Waals surface area contributed by atoms with E-state index in [0.29, 0.717) is 0 Å². The molecule has 0 aliphatic carbocycles. The molecule has 0 unspecified atom stereocenters. The topological polar surface area (TPSA) is 75.6 Å². The van der Waals surface area contributed by atoms with Crippen molar-refractivity contribution in [2.75, 3.05) is 0 Å². The molecule has 0 aliphatic rings. The first-order valence-corrected chi connectivity index (χ1v) is 2.69. The molecule has 2 N–H and O–H groups in total. The van der Waals surface area contributed by atoms with Crippen LogP contribution >= 0.6 is 0 Å². The Hall–Kier alpha value is -1.10. The molecule has 0 aromatic rings. The number of hydrogen-bond donors (Lipinski definition) is 2. The quantitative estimate of drug-likeness (QED) is 0.527. The molecule has 58 valence electrons. The average molecular weight is 147 g/mol. The first-order chi connectivity index (χ1) is 4.54. The van der Waals surface area contributed by atoms with Crippen molar-refractivity contribution in [3.05, 3.63) is 0 Å². The molecule has 0 heterocycles. The molecule has 10 heavy (non-hydrogen) atoms. The van der Waals surface area contributed by atoms with Crippen LogP contribution in [0, 0.1) is 0 Å². The summed E-state index contributed by atoms with van der Waals surface area (Å²) in [5, 5.41) is 8.24. The normalized spacial score (nSPS) is 12.2. The molecule has 5 heteroatoms. The summed E-state index contributed by atoms with van der Waals surface area (Å²) in [4.78, 5) is 24.3. The zero-order chi connectivity index (χ0) is 8.15. The zero-order valence-electron chi connectivity index (χ0n) is 5.75. The number of hydrogen-bond acceptors (Lipinski definition) is 4. The van der Waals surface area contributed by atoms with Crippen LogP contribution in [0.25, 0.3) is 0 Å². The van der Waals surface area contributed by atoms with Crippen molar-refractivity contribution in [1.29, 1.82) is 0 Å². The Balaban J connectivity index is 3.49. The molecule has 0 rings (SSSR count). The van der Waals surface area contributed by atoms with E-state index >= 15 is 0 Å². The van der Waals surface area contributed by atoms with E-state index in [2.05, 4.69) is 4.84 Å². The minimum absolute atomic E-state index is 0.562. The first kappa shape index (κ1) is 8.90. The molecule has 0 bridgehead atoms. The summed E-state index contributed by atoms with van der Waals surface area (Å²) in [6, 6.07) is -0.871. The molecule has 1 atom stereocenters. The first-order valence-electron chi connectivity index (χ1n) is 2.69. The molecule has 0 spiro atoms. The van der Waals surface area contributed by atoms with Crippen molar-refractivity contribution in [2.45, 2.75) is 19.9 Å². The van der Waals surface area contributed by atoms with E-state index in [4.69, 9.17) is 5.11 Å². The standard InChI is InChI=1S/C5H9NO4/c1-3(5(8)9)6-10-4(2)7/h3,6H,1-2H3,(H,8,9)/t3-/m0/s1. The number of carbonyl (C=O) groups is 2. The van der Waals surface area contributed by atoms with Crippen LogP contribution in [-0.2, 0) is 14.4 Å². The second-order valence-electron chi connectivity index (χ2n) is 1.77. The number of nitrogens with one attached hydrogen (secondary N) is 1. The number of carbonyl (C=O) groups excluding carboxylic acids is 1. The van der Waals surface area contributed by atoms with Crippen molar-refractivity contribution < 1.29 is 19.5 Å². The largest absolute Gasteiger partial charge is 0.480 e. The fraction of sp³-hybridized carbons (Fsp3) is 0.600. The number of carboxylic acids is 1. The van der Waals surface area contributed by atoms with Crippen LogP contribution in [-0.4, -0.2) is 23.1 Å². The van der Waals surface area contributed by atoms with Crippen molar-refractivity contribution >= 4 is 11.9 Å². The van der Waals surface area contributed by atoms with Gasteiger partial charge >= 0.3 is 11.9 Å². The summed E-state index contributed by atoms with van der Waals surface area (Å²) in [6.45, 7) is 2.55. The van der Waals surface area contributed by atoms with E-state index < -0.39 is 18.0 Å². The predicted molar refractivity (Wildman–Crippen MR) is 32.0 cm³/mol. The van der Waals surface area contributed by atoms with Crippen LogP contribution in [0.5, 0.6) is 0 Å². The van der Waals surface area contributed by atoms with Crippen LogP contribution in [0.2, 0.25) is 0 Å². The molecule has 0 fully saturated rings. The summed E-state index contributed by atoms with van der Waals surface area (Å²) >= 11 is 0. The molecular formula is C5H9NO4. The van der Waals surface area contributed by atoms with Crippen molar-refractivity contribution in [2.24, 2.45) is 0 Å². The minimum atomic E-state index is -1.07. The van der Waals surface area contributed by atoms with Gasteiger partial charge in [-0.1, -0.05) is 0 Å². The van der Waals surface area contributed by atoms with E-state index in [1.54, 1.807) is 0 Å². The van der Waals surface area contributed by atoms with Gasteiger partial charge in [-0.2, -0.15) is 0 Å². The Labute approximate surface area is 57.9 Å². The van der Waals surface area contributed by atoms with Crippen LogP contribution < -0.4 is 5.48 Å². The van der Waals surface area contributed by atoms with Gasteiger partial charge < -0.3 is 9.94 Å². The molecule has 0 radical (unpaired) electrons. The van der Waals surface area contributed by atoms with Gasteiger partial charge in [-0.15, -0.1) is 5.48 Å². The summed E-state index contributed by atoms with van der Waals surface area (Å²) in [5.74, 6) is -1.63. The number of aliphatic carboxylic acids is 1. The Morgan fingerprint density at radius 1 is 1.60 bits per heavy atom. The van der Waals surface area contributed by atoms with E-state index in [0.717, 1.165) is 0 Å². The van der Waals surface area contributed by atoms with Crippen LogP contribution in [0.15, 0.2) is 0 Å². The third kappa shape index (κ3) is 3.85. The Kier molecular flexibility index (Phi) is 3.42. The number of carboxylic acid groups (broad SMARTS) is 1. The van der Waals surface area contributed by atoms with Gasteiger partial charge in [0, 0.05) is 6.92 Å². The molecule has 0 aromatic heterocycles. The molecule has 0 aliphatic heterocycles. The molecule has 0 amide bonds. The van der Waals surface area contributed by atoms with Gasteiger partial charge in [0.05, 0.1) is 0 Å². The fourth-order valence-electron chi connectivity index (χ4n) is 0.222. The predicted octanol–water partition coefficient (Wildman–Crippen LogP) is -0.473. The van der Waals surface area contributed by atoms with E-state index in [-0.39, 0.29) is 0 Å². The molecule has 0 saturated carbocycles. The summed E-state index contributed by atoms with van der Waals surface area (Å²) < 4.78 is 0. The van der Waals surface area contributed by atoms with Crippen molar-refractivity contribution in [3.63, 3.8) is 0 Å². The highest BCUT2D eigenvalue weighted by Gasteiger charge is 2.10. The Bertz CT molecular complexity index is 145. The van der Waals surface area contributed by atoms with Gasteiger partial charge in [0.25, 0.3) is 0 Å². The Morgan fingerprint density at radius 3 is 2.40 bits per heavy atom. The SMILES string of the molecule is CC(=O)ON[C@@H](C)C(=O)O. The van der Waals surface area contributed by atoms with E-state index in [1.807, 2.05) is 5.48 Å². The maximum Gasteiger partial charge on any atom is 0.323 e. The smallest absolute Gasteiger partial charge is 0.323 e. The maximum atomic E-state index is 10.1. The van der Waals surface area contributed by atoms with Gasteiger partial charge in [-0.3, -0.25) is 9.59 Å². The summed E-state index contributed by atoms with van der Waals surface area (Å²) in [5.41, 5.74) is 2.03. The van der Waals surface area contributed by atoms with Crippen LogP contribution in [0.3, 0.4) is 0 Å². The highest BCUT2D eigenvalue weighted by Crippen LogP contribution is 1.80. The lowest BCUT2D eigenvalue weighted by Gasteiger charge is -2.06.